The molecule has 0 saturated carbocycles. The summed E-state index contributed by atoms with van der Waals surface area (Å²) in [7, 11) is 0. The van der Waals surface area contributed by atoms with E-state index in [0.717, 1.165) is 57.7 Å². The summed E-state index contributed by atoms with van der Waals surface area (Å²) in [6.07, 6.45) is 6.55. The van der Waals surface area contributed by atoms with Crippen molar-refractivity contribution in [2.45, 2.75) is 45.7 Å². The summed E-state index contributed by atoms with van der Waals surface area (Å²) in [6.45, 7) is 8.28. The molecule has 2 aromatic heterocycles. The van der Waals surface area contributed by atoms with Crippen molar-refractivity contribution in [3.63, 3.8) is 0 Å². The second-order valence-corrected chi connectivity index (χ2v) is 9.16. The van der Waals surface area contributed by atoms with Gasteiger partial charge in [-0.25, -0.2) is 4.99 Å². The third-order valence-electron chi connectivity index (χ3n) is 6.03. The maximum atomic E-state index is 5.58. The normalized spacial score (nSPS) is 13.6. The zero-order chi connectivity index (χ0) is 23.3. The molecular formula is C27H29BrN5OS-. The molecule has 4 aromatic rings. The van der Waals surface area contributed by atoms with Gasteiger partial charge in [-0.2, -0.15) is 0 Å². The van der Waals surface area contributed by atoms with Crippen molar-refractivity contribution in [2.24, 2.45) is 4.99 Å². The van der Waals surface area contributed by atoms with Crippen LogP contribution in [0, 0.1) is 0 Å². The number of aryl methyl sites for hydroxylation is 1. The van der Waals surface area contributed by atoms with Gasteiger partial charge in [0, 0.05) is 30.5 Å². The maximum absolute atomic E-state index is 5.58. The van der Waals surface area contributed by atoms with Gasteiger partial charge >= 0.3 is 0 Å². The van der Waals surface area contributed by atoms with Crippen LogP contribution in [0.1, 0.15) is 32.0 Å². The van der Waals surface area contributed by atoms with Gasteiger partial charge in [-0.1, -0.05) is 12.5 Å². The van der Waals surface area contributed by atoms with Gasteiger partial charge in [0.15, 0.2) is 10.6 Å². The van der Waals surface area contributed by atoms with Gasteiger partial charge in [-0.15, -0.1) is 28.1 Å². The van der Waals surface area contributed by atoms with Crippen LogP contribution in [0.3, 0.4) is 0 Å². The second-order valence-electron chi connectivity index (χ2n) is 8.32. The van der Waals surface area contributed by atoms with Crippen LogP contribution in [0.25, 0.3) is 22.6 Å². The molecule has 6 nitrogen and oxygen atoms in total. The second kappa shape index (κ2) is 11.6. The third-order valence-corrected chi connectivity index (χ3v) is 6.89. The minimum atomic E-state index is 0. The Kier molecular flexibility index (Phi) is 8.36. The van der Waals surface area contributed by atoms with E-state index in [4.69, 9.17) is 9.73 Å². The molecule has 3 heterocycles. The first-order valence-electron chi connectivity index (χ1n) is 11.9. The quantitative estimate of drug-likeness (QED) is 0.332. The molecule has 0 saturated heterocycles. The molecule has 0 spiro atoms. The number of thiazole rings is 1. The third kappa shape index (κ3) is 5.49. The van der Waals surface area contributed by atoms with Crippen LogP contribution < -0.4 is 26.5 Å². The lowest BCUT2D eigenvalue weighted by Crippen LogP contribution is -3.00. The fourth-order valence-corrected chi connectivity index (χ4v) is 5.28. The van der Waals surface area contributed by atoms with Crippen LogP contribution in [0.15, 0.2) is 71.6 Å². The van der Waals surface area contributed by atoms with Crippen LogP contribution in [-0.4, -0.2) is 25.9 Å². The van der Waals surface area contributed by atoms with Crippen LogP contribution in [0.2, 0.25) is 0 Å². The fraction of sp³-hybridized carbons (Fsp3) is 0.296. The molecule has 0 bridgehead atoms. The Balaban J connectivity index is 0.00000289. The molecule has 5 rings (SSSR count). The monoisotopic (exact) mass is 550 g/mol. The van der Waals surface area contributed by atoms with Crippen molar-refractivity contribution in [3.8, 4) is 28.4 Å². The summed E-state index contributed by atoms with van der Waals surface area (Å²) in [5.41, 5.74) is 4.25. The highest BCUT2D eigenvalue weighted by Crippen LogP contribution is 2.26. The highest BCUT2D eigenvalue weighted by molar-refractivity contribution is 7.07. The summed E-state index contributed by atoms with van der Waals surface area (Å²) in [5.74, 6) is 2.94. The molecule has 0 fully saturated rings. The van der Waals surface area contributed by atoms with E-state index in [9.17, 15) is 0 Å². The molecule has 0 radical (unpaired) electrons. The molecule has 8 heteroatoms. The first-order chi connectivity index (χ1) is 16.8. The number of aromatic nitrogens is 4. The number of nitrogens with zero attached hydrogens (tertiary/aromatic N) is 5. The van der Waals surface area contributed by atoms with Crippen molar-refractivity contribution in [1.29, 1.82) is 0 Å². The molecule has 0 N–H and O–H groups in total. The van der Waals surface area contributed by atoms with Gasteiger partial charge in [0.2, 0.25) is 0 Å². The smallest absolute Gasteiger partial charge is 0.190 e. The summed E-state index contributed by atoms with van der Waals surface area (Å²) in [5, 5.41) is 11.1. The van der Waals surface area contributed by atoms with E-state index >= 15 is 0 Å². The summed E-state index contributed by atoms with van der Waals surface area (Å²) >= 11 is 1.63. The Labute approximate surface area is 220 Å². The first kappa shape index (κ1) is 25.1. The van der Waals surface area contributed by atoms with E-state index in [1.54, 1.807) is 11.3 Å². The molecule has 0 unspecified atom stereocenters. The predicted molar refractivity (Wildman–Crippen MR) is 137 cm³/mol. The van der Waals surface area contributed by atoms with Crippen LogP contribution in [0.5, 0.6) is 5.75 Å². The van der Waals surface area contributed by atoms with E-state index in [-0.39, 0.29) is 17.0 Å². The van der Waals surface area contributed by atoms with Crippen molar-refractivity contribution < 1.29 is 21.7 Å². The Morgan fingerprint density at radius 1 is 1.03 bits per heavy atom. The van der Waals surface area contributed by atoms with E-state index < -0.39 is 0 Å². The summed E-state index contributed by atoms with van der Waals surface area (Å²) in [6, 6.07) is 16.5. The lowest BCUT2D eigenvalue weighted by atomic mass is 10.1. The number of benzene rings is 2. The highest BCUT2D eigenvalue weighted by Gasteiger charge is 2.16. The lowest BCUT2D eigenvalue weighted by Gasteiger charge is -2.08. The Morgan fingerprint density at radius 3 is 2.54 bits per heavy atom. The van der Waals surface area contributed by atoms with Gasteiger partial charge in [-0.3, -0.25) is 0 Å². The molecule has 182 valence electrons. The van der Waals surface area contributed by atoms with Gasteiger partial charge in [0.1, 0.15) is 11.6 Å². The molecular weight excluding hydrogens is 522 g/mol. The number of hydrogen-bond acceptors (Lipinski definition) is 5. The molecule has 0 atom stereocenters. The van der Waals surface area contributed by atoms with Crippen molar-refractivity contribution in [2.75, 3.05) is 6.61 Å². The average Bonchev–Trinajstić information content (AvgIpc) is 3.36. The van der Waals surface area contributed by atoms with Crippen molar-refractivity contribution in [1.82, 2.24) is 19.3 Å². The largest absolute Gasteiger partial charge is 1.00 e. The fourth-order valence-electron chi connectivity index (χ4n) is 4.34. The Bertz CT molecular complexity index is 1340. The van der Waals surface area contributed by atoms with Gasteiger partial charge in [0.25, 0.3) is 0 Å². The predicted octanol–water partition coefficient (Wildman–Crippen LogP) is 3.02. The molecule has 35 heavy (non-hydrogen) atoms. The topological polar surface area (TPSA) is 57.2 Å². The van der Waals surface area contributed by atoms with Gasteiger partial charge in [-0.05, 0) is 73.9 Å². The number of halogens is 1. The molecule has 0 aliphatic carbocycles. The number of rotatable bonds is 7. The Hall–Kier alpha value is -2.97. The zero-order valence-corrected chi connectivity index (χ0v) is 22.3. The van der Waals surface area contributed by atoms with E-state index in [0.29, 0.717) is 13.2 Å². The standard InChI is InChI=1S/C27H29N5OS.BrH/c1-3-17-31-24(20-11-15-23(16-12-20)33-4-2)19-34-27(31)28-22-13-9-21(10-14-22)26-30-29-25-8-6-5-7-18-32(25)26;/h3,9-16,19H,1,4-8,17-18H2,2H3;1H/p-1. The Morgan fingerprint density at radius 2 is 1.80 bits per heavy atom. The van der Waals surface area contributed by atoms with Gasteiger partial charge < -0.3 is 30.9 Å². The molecule has 0 amide bonds. The average molecular weight is 552 g/mol. The van der Waals surface area contributed by atoms with E-state index in [1.165, 1.54) is 19.3 Å². The number of allylic oxidation sites excluding steroid dienone is 1. The molecule has 1 aliphatic rings. The summed E-state index contributed by atoms with van der Waals surface area (Å²) in [4.78, 5) is 5.88. The maximum Gasteiger partial charge on any atom is 0.190 e. The van der Waals surface area contributed by atoms with E-state index in [2.05, 4.69) is 67.7 Å². The first-order valence-corrected chi connectivity index (χ1v) is 12.7. The molecule has 1 aliphatic heterocycles. The SMILES string of the molecule is C=CCn1c(-c2ccc(OCC)cc2)csc1=Nc1ccc(-c2nnc3n2CCCCC3)cc1.[Br-]. The van der Waals surface area contributed by atoms with Crippen LogP contribution in [0.4, 0.5) is 5.69 Å². The van der Waals surface area contributed by atoms with Crippen LogP contribution in [-0.2, 0) is 19.5 Å². The number of fused-ring (bicyclic) bond motifs is 1. The lowest BCUT2D eigenvalue weighted by molar-refractivity contribution is -0.00000752. The van der Waals surface area contributed by atoms with Crippen LogP contribution >= 0.6 is 11.3 Å². The van der Waals surface area contributed by atoms with Crippen molar-refractivity contribution >= 4 is 17.0 Å². The van der Waals surface area contributed by atoms with E-state index in [1.807, 2.05) is 25.1 Å². The highest BCUT2D eigenvalue weighted by atomic mass is 79.9. The zero-order valence-electron chi connectivity index (χ0n) is 19.9. The van der Waals surface area contributed by atoms with Crippen molar-refractivity contribution in [3.05, 3.63) is 77.2 Å². The van der Waals surface area contributed by atoms with Gasteiger partial charge in [0.05, 0.1) is 18.0 Å². The number of ether oxygens (including phenoxy) is 1. The molecule has 2 aromatic carbocycles. The minimum Gasteiger partial charge on any atom is -1.00 e. The number of hydrogen-bond donors (Lipinski definition) is 0. The summed E-state index contributed by atoms with van der Waals surface area (Å²) < 4.78 is 10.1. The minimum absolute atomic E-state index is 0.